The average molecular weight is 327 g/mol. The zero-order chi connectivity index (χ0) is 16.8. The molecule has 4 nitrogen and oxygen atoms in total. The van der Waals surface area contributed by atoms with Crippen molar-refractivity contribution in [2.24, 2.45) is 0 Å². The first-order chi connectivity index (χ1) is 11.8. The Morgan fingerprint density at radius 1 is 1.00 bits per heavy atom. The third-order valence-corrected chi connectivity index (χ3v) is 4.97. The van der Waals surface area contributed by atoms with Gasteiger partial charge in [0.25, 0.3) is 5.91 Å². The number of quaternary nitrogens is 2. The van der Waals surface area contributed by atoms with Gasteiger partial charge in [0, 0.05) is 12.1 Å². The van der Waals surface area contributed by atoms with Crippen molar-refractivity contribution in [3.05, 3.63) is 48.0 Å². The van der Waals surface area contributed by atoms with E-state index in [1.54, 1.807) is 4.90 Å². The number of benzene rings is 2. The number of piperazine rings is 1. The van der Waals surface area contributed by atoms with Crippen LogP contribution in [0, 0.1) is 0 Å². The number of nitrogens with one attached hydrogen (secondary N) is 3. The van der Waals surface area contributed by atoms with E-state index in [2.05, 4.69) is 54.7 Å². The molecule has 1 amide bonds. The molecule has 0 spiro atoms. The van der Waals surface area contributed by atoms with E-state index in [0.29, 0.717) is 6.54 Å². The quantitative estimate of drug-likeness (QED) is 0.667. The van der Waals surface area contributed by atoms with Gasteiger partial charge in [-0.1, -0.05) is 49.4 Å². The lowest BCUT2D eigenvalue weighted by Gasteiger charge is -2.29. The van der Waals surface area contributed by atoms with Crippen molar-refractivity contribution < 1.29 is 14.6 Å². The van der Waals surface area contributed by atoms with Crippen LogP contribution in [-0.4, -0.2) is 45.2 Å². The number of fused-ring (bicyclic) bond motifs is 1. The van der Waals surface area contributed by atoms with Crippen molar-refractivity contribution in [3.63, 3.8) is 0 Å². The zero-order valence-electron chi connectivity index (χ0n) is 14.6. The van der Waals surface area contributed by atoms with Gasteiger partial charge in [-0.05, 0) is 17.2 Å². The molecular weight excluding hydrogens is 298 g/mol. The van der Waals surface area contributed by atoms with Crippen molar-refractivity contribution >= 4 is 16.7 Å². The monoisotopic (exact) mass is 327 g/mol. The van der Waals surface area contributed by atoms with Crippen LogP contribution in [0.1, 0.15) is 18.9 Å². The summed E-state index contributed by atoms with van der Waals surface area (Å²) in [5.41, 5.74) is 1.44. The van der Waals surface area contributed by atoms with E-state index in [9.17, 15) is 4.79 Å². The smallest absolute Gasteiger partial charge is 0.275 e. The lowest BCUT2D eigenvalue weighted by molar-refractivity contribution is -1.02. The van der Waals surface area contributed by atoms with Crippen LogP contribution in [-0.2, 0) is 11.3 Å². The Kier molecular flexibility index (Phi) is 5.83. The second kappa shape index (κ2) is 8.27. The summed E-state index contributed by atoms with van der Waals surface area (Å²) in [5.74, 6) is 0.198. The van der Waals surface area contributed by atoms with Gasteiger partial charge in [-0.15, -0.1) is 0 Å². The van der Waals surface area contributed by atoms with Gasteiger partial charge in [0.1, 0.15) is 32.7 Å². The van der Waals surface area contributed by atoms with E-state index in [-0.39, 0.29) is 5.91 Å². The van der Waals surface area contributed by atoms with Crippen molar-refractivity contribution in [1.29, 1.82) is 0 Å². The van der Waals surface area contributed by atoms with Crippen molar-refractivity contribution in [1.82, 2.24) is 5.32 Å². The lowest BCUT2D eigenvalue weighted by Crippen LogP contribution is -3.28. The standard InChI is InChI=1S/C20H27N3O/c1-2-10-21-20(24)16-23-13-11-22(12-14-23)15-18-8-5-7-17-6-3-4-9-19(17)18/h3-9H,2,10-16H2,1H3,(H,21,24)/p+2. The molecule has 2 aromatic rings. The SMILES string of the molecule is CCCNC(=O)C[NH+]1CC[NH+](Cc2cccc3ccccc23)CC1. The molecule has 3 rings (SSSR count). The van der Waals surface area contributed by atoms with Crippen LogP contribution in [0.2, 0.25) is 0 Å². The topological polar surface area (TPSA) is 38.0 Å². The highest BCUT2D eigenvalue weighted by atomic mass is 16.2. The first kappa shape index (κ1) is 16.9. The first-order valence-corrected chi connectivity index (χ1v) is 9.16. The van der Waals surface area contributed by atoms with E-state index < -0.39 is 0 Å². The van der Waals surface area contributed by atoms with Gasteiger partial charge < -0.3 is 15.1 Å². The maximum atomic E-state index is 11.9. The van der Waals surface area contributed by atoms with E-state index in [1.807, 2.05) is 0 Å². The molecule has 1 aliphatic heterocycles. The minimum atomic E-state index is 0.198. The molecule has 4 heteroatoms. The van der Waals surface area contributed by atoms with E-state index in [0.717, 1.165) is 45.7 Å². The van der Waals surface area contributed by atoms with Crippen LogP contribution in [0.5, 0.6) is 0 Å². The Balaban J connectivity index is 1.53. The number of hydrogen-bond donors (Lipinski definition) is 3. The minimum absolute atomic E-state index is 0.198. The summed E-state index contributed by atoms with van der Waals surface area (Å²) in [6, 6.07) is 15.2. The molecule has 1 heterocycles. The van der Waals surface area contributed by atoms with Crippen molar-refractivity contribution in [2.45, 2.75) is 19.9 Å². The maximum absolute atomic E-state index is 11.9. The molecule has 24 heavy (non-hydrogen) atoms. The van der Waals surface area contributed by atoms with Gasteiger partial charge in [-0.2, -0.15) is 0 Å². The Morgan fingerprint density at radius 2 is 1.71 bits per heavy atom. The van der Waals surface area contributed by atoms with Gasteiger partial charge in [-0.3, -0.25) is 4.79 Å². The zero-order valence-corrected chi connectivity index (χ0v) is 14.6. The predicted octanol–water partition coefficient (Wildman–Crippen LogP) is -0.351. The number of amides is 1. The molecule has 0 radical (unpaired) electrons. The van der Waals surface area contributed by atoms with Gasteiger partial charge in [0.05, 0.1) is 0 Å². The van der Waals surface area contributed by atoms with E-state index in [4.69, 9.17) is 0 Å². The van der Waals surface area contributed by atoms with Gasteiger partial charge in [0.15, 0.2) is 6.54 Å². The summed E-state index contributed by atoms with van der Waals surface area (Å²) >= 11 is 0. The fourth-order valence-corrected chi connectivity index (χ4v) is 3.58. The van der Waals surface area contributed by atoms with Crippen LogP contribution < -0.4 is 15.1 Å². The number of hydrogen-bond acceptors (Lipinski definition) is 1. The summed E-state index contributed by atoms with van der Waals surface area (Å²) in [7, 11) is 0. The summed E-state index contributed by atoms with van der Waals surface area (Å²) < 4.78 is 0. The molecule has 1 saturated heterocycles. The molecule has 2 aromatic carbocycles. The molecule has 1 fully saturated rings. The maximum Gasteiger partial charge on any atom is 0.275 e. The number of carbonyl (C=O) groups excluding carboxylic acids is 1. The van der Waals surface area contributed by atoms with Gasteiger partial charge in [0.2, 0.25) is 0 Å². The summed E-state index contributed by atoms with van der Waals surface area (Å²) in [5, 5.41) is 5.69. The average Bonchev–Trinajstić information content (AvgIpc) is 2.62. The Labute approximate surface area is 144 Å². The highest BCUT2D eigenvalue weighted by molar-refractivity contribution is 5.85. The Hall–Kier alpha value is -1.91. The largest absolute Gasteiger partial charge is 0.351 e. The van der Waals surface area contributed by atoms with Crippen LogP contribution in [0.15, 0.2) is 42.5 Å². The highest BCUT2D eigenvalue weighted by Gasteiger charge is 2.25. The number of carbonyl (C=O) groups is 1. The van der Waals surface area contributed by atoms with Crippen molar-refractivity contribution in [3.8, 4) is 0 Å². The third-order valence-electron chi connectivity index (χ3n) is 4.97. The fraction of sp³-hybridized carbons (Fsp3) is 0.450. The Morgan fingerprint density at radius 3 is 2.50 bits per heavy atom. The minimum Gasteiger partial charge on any atom is -0.351 e. The Bertz CT molecular complexity index is 672. The van der Waals surface area contributed by atoms with Crippen LogP contribution in [0.4, 0.5) is 0 Å². The third kappa shape index (κ3) is 4.34. The first-order valence-electron chi connectivity index (χ1n) is 9.16. The van der Waals surface area contributed by atoms with Gasteiger partial charge >= 0.3 is 0 Å². The molecule has 128 valence electrons. The molecular formula is C20H29N3O+2. The second-order valence-electron chi connectivity index (χ2n) is 6.84. The molecule has 3 N–H and O–H groups in total. The molecule has 0 atom stereocenters. The van der Waals surface area contributed by atoms with Gasteiger partial charge in [-0.25, -0.2) is 0 Å². The lowest BCUT2D eigenvalue weighted by atomic mass is 10.0. The summed E-state index contributed by atoms with van der Waals surface area (Å²) in [4.78, 5) is 14.9. The molecule has 0 bridgehead atoms. The molecule has 0 unspecified atom stereocenters. The normalized spacial score (nSPS) is 20.9. The highest BCUT2D eigenvalue weighted by Crippen LogP contribution is 2.17. The van der Waals surface area contributed by atoms with Crippen LogP contribution in [0.25, 0.3) is 10.8 Å². The van der Waals surface area contributed by atoms with Crippen molar-refractivity contribution in [2.75, 3.05) is 39.3 Å². The van der Waals surface area contributed by atoms with E-state index in [1.165, 1.54) is 21.2 Å². The second-order valence-corrected chi connectivity index (χ2v) is 6.84. The molecule has 0 aliphatic carbocycles. The molecule has 0 saturated carbocycles. The fourth-order valence-electron chi connectivity index (χ4n) is 3.58. The van der Waals surface area contributed by atoms with E-state index >= 15 is 0 Å². The van der Waals surface area contributed by atoms with Crippen LogP contribution >= 0.6 is 0 Å². The number of rotatable bonds is 6. The summed E-state index contributed by atoms with van der Waals surface area (Å²) in [6.45, 7) is 9.03. The molecule has 0 aromatic heterocycles. The summed E-state index contributed by atoms with van der Waals surface area (Å²) in [6.07, 6.45) is 1.00. The predicted molar refractivity (Wildman–Crippen MR) is 97.2 cm³/mol. The molecule has 1 aliphatic rings. The van der Waals surface area contributed by atoms with Crippen LogP contribution in [0.3, 0.4) is 0 Å².